The van der Waals surface area contributed by atoms with E-state index in [4.69, 9.17) is 14.6 Å². The van der Waals surface area contributed by atoms with Gasteiger partial charge in [0.25, 0.3) is 5.97 Å². The van der Waals surface area contributed by atoms with Crippen LogP contribution in [0.2, 0.25) is 0 Å². The Bertz CT molecular complexity index is 1190. The van der Waals surface area contributed by atoms with Crippen molar-refractivity contribution in [3.63, 3.8) is 0 Å². The van der Waals surface area contributed by atoms with Gasteiger partial charge < -0.3 is 25.0 Å². The fourth-order valence-electron chi connectivity index (χ4n) is 6.45. The summed E-state index contributed by atoms with van der Waals surface area (Å²) in [6.07, 6.45) is 5.30. The molecule has 1 aliphatic heterocycles. The predicted octanol–water partition coefficient (Wildman–Crippen LogP) is 5.62. The van der Waals surface area contributed by atoms with E-state index in [-0.39, 0.29) is 29.3 Å². The van der Waals surface area contributed by atoms with Crippen LogP contribution in [0, 0.1) is 16.7 Å². The number of rotatable bonds is 2. The summed E-state index contributed by atoms with van der Waals surface area (Å²) in [5.74, 6) is -1.17. The average Bonchev–Trinajstić information content (AvgIpc) is 2.89. The van der Waals surface area contributed by atoms with Crippen LogP contribution in [0.4, 0.5) is 5.69 Å². The highest BCUT2D eigenvalue weighted by molar-refractivity contribution is 6.11. The molecule has 1 aromatic carbocycles. The number of nitrogens with one attached hydrogen (secondary N) is 1. The SMILES string of the molecule is CC(=O)O.COC.C[C@H]1OC/C(=C/Nc2ccccc2)C2=C(O)C(=O)C3=C(CCC4(C)C(=O)CCC[C@@H]34)C21C. The fraction of sp³-hybridized carbons (Fsp3) is 0.516. The van der Waals surface area contributed by atoms with Gasteiger partial charge in [-0.2, -0.15) is 0 Å². The van der Waals surface area contributed by atoms with Crippen LogP contribution in [0.15, 0.2) is 64.6 Å². The van der Waals surface area contributed by atoms with Crippen molar-refractivity contribution in [1.29, 1.82) is 0 Å². The Morgan fingerprint density at radius 3 is 2.38 bits per heavy atom. The number of ketones is 2. The Balaban J connectivity index is 0.000000542. The second-order valence-corrected chi connectivity index (χ2v) is 11.0. The van der Waals surface area contributed by atoms with Crippen molar-refractivity contribution in [3.8, 4) is 0 Å². The van der Waals surface area contributed by atoms with Crippen LogP contribution >= 0.6 is 0 Å². The van der Waals surface area contributed by atoms with E-state index >= 15 is 0 Å². The Labute approximate surface area is 230 Å². The third-order valence-electron chi connectivity index (χ3n) is 8.52. The van der Waals surface area contributed by atoms with Crippen LogP contribution in [0.5, 0.6) is 0 Å². The van der Waals surface area contributed by atoms with Gasteiger partial charge in [-0.3, -0.25) is 14.4 Å². The number of carboxylic acids is 1. The monoisotopic (exact) mass is 539 g/mol. The van der Waals surface area contributed by atoms with Crippen LogP contribution in [0.25, 0.3) is 0 Å². The van der Waals surface area contributed by atoms with Crippen molar-refractivity contribution >= 4 is 23.2 Å². The van der Waals surface area contributed by atoms with E-state index in [2.05, 4.69) is 17.0 Å². The Hall–Kier alpha value is -3.23. The molecule has 8 heteroatoms. The Morgan fingerprint density at radius 2 is 1.77 bits per heavy atom. The molecule has 212 valence electrons. The van der Waals surface area contributed by atoms with Gasteiger partial charge in [-0.1, -0.05) is 25.1 Å². The normalized spacial score (nSPS) is 30.7. The molecular weight excluding hydrogens is 498 g/mol. The van der Waals surface area contributed by atoms with E-state index in [0.717, 1.165) is 43.0 Å². The van der Waals surface area contributed by atoms with Crippen molar-refractivity contribution in [2.45, 2.75) is 65.9 Å². The lowest BCUT2D eigenvalue weighted by Gasteiger charge is -2.53. The van der Waals surface area contributed by atoms with Crippen LogP contribution in [-0.4, -0.2) is 54.7 Å². The summed E-state index contributed by atoms with van der Waals surface area (Å²) in [5, 5.41) is 22.0. The summed E-state index contributed by atoms with van der Waals surface area (Å²) in [4.78, 5) is 35.5. The van der Waals surface area contributed by atoms with Crippen LogP contribution in [0.3, 0.4) is 0 Å². The van der Waals surface area contributed by atoms with E-state index in [1.165, 1.54) is 0 Å². The van der Waals surface area contributed by atoms with Gasteiger partial charge in [-0.15, -0.1) is 0 Å². The standard InChI is InChI=1S/C27H31NO4.C2H4O2.C2H6O/c1-16-27(3)20-12-13-26(2)19(10-7-11-21(26)29)22(20)24(30)25(31)23(27)17(15-32-16)14-28-18-8-5-4-6-9-18;1-2(3)4;1-3-2/h4-6,8-9,14,16,19,28,31H,7,10-13,15H2,1-3H3;1H3,(H,3,4);1-2H3/b17-14-;;/t16-,19+,26?,27?;;/m1../s1. The van der Waals surface area contributed by atoms with Crippen molar-refractivity contribution in [2.75, 3.05) is 26.1 Å². The molecule has 0 bridgehead atoms. The first-order valence-corrected chi connectivity index (χ1v) is 13.4. The first-order valence-electron chi connectivity index (χ1n) is 13.4. The zero-order chi connectivity index (χ0) is 29.0. The maximum Gasteiger partial charge on any atom is 0.300 e. The van der Waals surface area contributed by atoms with Gasteiger partial charge in [-0.05, 0) is 57.2 Å². The molecule has 4 aliphatic rings. The number of carboxylic acid groups (broad SMARTS) is 1. The number of aliphatic hydroxyl groups is 1. The Kier molecular flexibility index (Phi) is 9.56. The van der Waals surface area contributed by atoms with Crippen molar-refractivity contribution in [1.82, 2.24) is 0 Å². The fourth-order valence-corrected chi connectivity index (χ4v) is 6.45. The second kappa shape index (κ2) is 12.3. The number of Topliss-reactive ketones (excluding diaryl/α,β-unsaturated/α-hetero) is 2. The van der Waals surface area contributed by atoms with Gasteiger partial charge in [0.15, 0.2) is 5.76 Å². The number of aliphatic carboxylic acids is 1. The number of aliphatic hydroxyl groups excluding tert-OH is 1. The number of hydrogen-bond donors (Lipinski definition) is 3. The molecule has 5 rings (SSSR count). The number of methoxy groups -OCH3 is 1. The number of hydrogen-bond acceptors (Lipinski definition) is 7. The molecule has 39 heavy (non-hydrogen) atoms. The number of carbonyl (C=O) groups is 3. The number of benzene rings is 1. The van der Waals surface area contributed by atoms with Gasteiger partial charge in [0, 0.05) is 72.9 Å². The van der Waals surface area contributed by atoms with Gasteiger partial charge in [0.2, 0.25) is 5.78 Å². The molecule has 0 spiro atoms. The van der Waals surface area contributed by atoms with Crippen LogP contribution < -0.4 is 5.32 Å². The minimum absolute atomic E-state index is 0.121. The van der Waals surface area contributed by atoms with Crippen LogP contribution in [0.1, 0.15) is 59.8 Å². The molecule has 0 aromatic heterocycles. The quantitative estimate of drug-likeness (QED) is 0.443. The summed E-state index contributed by atoms with van der Waals surface area (Å²) < 4.78 is 10.5. The molecule has 0 radical (unpaired) electrons. The lowest BCUT2D eigenvalue weighted by molar-refractivity contribution is -0.135. The highest BCUT2D eigenvalue weighted by Crippen LogP contribution is 2.60. The van der Waals surface area contributed by atoms with Crippen molar-refractivity contribution in [2.24, 2.45) is 16.7 Å². The van der Waals surface area contributed by atoms with Gasteiger partial charge in [-0.25, -0.2) is 0 Å². The summed E-state index contributed by atoms with van der Waals surface area (Å²) in [6, 6.07) is 9.78. The van der Waals surface area contributed by atoms with Crippen molar-refractivity contribution < 1.29 is 34.1 Å². The number of anilines is 1. The molecule has 1 saturated heterocycles. The molecule has 3 N–H and O–H groups in total. The summed E-state index contributed by atoms with van der Waals surface area (Å²) in [6.45, 7) is 7.54. The van der Waals surface area contributed by atoms with Gasteiger partial charge in [0.05, 0.1) is 12.7 Å². The van der Waals surface area contributed by atoms with E-state index < -0.39 is 16.8 Å². The molecule has 3 aliphatic carbocycles. The topological polar surface area (TPSA) is 122 Å². The molecule has 1 heterocycles. The predicted molar refractivity (Wildman–Crippen MR) is 149 cm³/mol. The number of carbonyl (C=O) groups excluding carboxylic acids is 2. The largest absolute Gasteiger partial charge is 0.504 e. The van der Waals surface area contributed by atoms with E-state index in [0.29, 0.717) is 30.6 Å². The van der Waals surface area contributed by atoms with Crippen LogP contribution in [-0.2, 0) is 23.9 Å². The molecule has 0 amide bonds. The number of para-hydroxylation sites is 1. The number of ether oxygens (including phenoxy) is 2. The third-order valence-corrected chi connectivity index (χ3v) is 8.52. The molecule has 2 unspecified atom stereocenters. The van der Waals surface area contributed by atoms with Crippen molar-refractivity contribution in [3.05, 3.63) is 64.6 Å². The zero-order valence-electron chi connectivity index (χ0n) is 23.8. The lowest BCUT2D eigenvalue weighted by Crippen LogP contribution is -2.52. The maximum absolute atomic E-state index is 13.6. The highest BCUT2D eigenvalue weighted by atomic mass is 16.5. The third kappa shape index (κ3) is 5.72. The average molecular weight is 540 g/mol. The molecule has 2 fully saturated rings. The first-order chi connectivity index (χ1) is 18.4. The minimum atomic E-state index is -0.833. The smallest absolute Gasteiger partial charge is 0.300 e. The summed E-state index contributed by atoms with van der Waals surface area (Å²) in [5.41, 5.74) is 3.03. The molecule has 1 saturated carbocycles. The first kappa shape index (κ1) is 30.3. The number of allylic oxidation sites excluding steroid dienone is 1. The van der Waals surface area contributed by atoms with Gasteiger partial charge in [0.1, 0.15) is 5.78 Å². The van der Waals surface area contributed by atoms with E-state index in [1.807, 2.05) is 50.4 Å². The molecule has 1 aromatic rings. The minimum Gasteiger partial charge on any atom is -0.504 e. The highest BCUT2D eigenvalue weighted by Gasteiger charge is 2.58. The molecular formula is C31H41NO7. The van der Waals surface area contributed by atoms with E-state index in [1.54, 1.807) is 14.2 Å². The molecule has 8 nitrogen and oxygen atoms in total. The Morgan fingerprint density at radius 1 is 1.15 bits per heavy atom. The number of fused-ring (bicyclic) bond motifs is 4. The second-order valence-electron chi connectivity index (χ2n) is 11.0. The summed E-state index contributed by atoms with van der Waals surface area (Å²) >= 11 is 0. The van der Waals surface area contributed by atoms with Gasteiger partial charge >= 0.3 is 0 Å². The summed E-state index contributed by atoms with van der Waals surface area (Å²) in [7, 11) is 3.25. The maximum atomic E-state index is 13.6. The van der Waals surface area contributed by atoms with E-state index in [9.17, 15) is 14.7 Å². The lowest BCUT2D eigenvalue weighted by atomic mass is 9.51. The molecule has 4 atom stereocenters. The zero-order valence-corrected chi connectivity index (χ0v) is 23.8.